The van der Waals surface area contributed by atoms with E-state index in [1.54, 1.807) is 0 Å². The third kappa shape index (κ3) is 5.22. The summed E-state index contributed by atoms with van der Waals surface area (Å²) in [6, 6.07) is 10.9. The predicted molar refractivity (Wildman–Crippen MR) is 115 cm³/mol. The van der Waals surface area contributed by atoms with Gasteiger partial charge in [-0.2, -0.15) is 0 Å². The number of hydrogen-bond donors (Lipinski definition) is 1. The topological polar surface area (TPSA) is 35.6 Å². The summed E-state index contributed by atoms with van der Waals surface area (Å²) < 4.78 is 0. The van der Waals surface area contributed by atoms with E-state index in [4.69, 9.17) is 0 Å². The fourth-order valence-corrected chi connectivity index (χ4v) is 5.03. The van der Waals surface area contributed by atoms with Crippen LogP contribution >= 0.6 is 11.3 Å². The fourth-order valence-electron chi connectivity index (χ4n) is 4.14. The van der Waals surface area contributed by atoms with Crippen LogP contribution in [-0.4, -0.2) is 41.9 Å². The van der Waals surface area contributed by atoms with Crippen LogP contribution in [0.5, 0.6) is 0 Å². The van der Waals surface area contributed by atoms with E-state index in [1.165, 1.54) is 47.5 Å². The molecule has 0 atom stereocenters. The fraction of sp³-hybridized carbons (Fsp3) is 0.522. The van der Waals surface area contributed by atoms with Crippen LogP contribution in [0, 0.1) is 5.92 Å². The molecule has 1 N–H and O–H groups in total. The molecule has 0 spiro atoms. The smallest absolute Gasteiger partial charge is 0.234 e. The zero-order chi connectivity index (χ0) is 19.3. The molecule has 0 aliphatic carbocycles. The van der Waals surface area contributed by atoms with Gasteiger partial charge in [0.25, 0.3) is 0 Å². The summed E-state index contributed by atoms with van der Waals surface area (Å²) in [5, 5.41) is 5.24. The van der Waals surface area contributed by atoms with Gasteiger partial charge in [-0.15, -0.1) is 11.3 Å². The van der Waals surface area contributed by atoms with Gasteiger partial charge in [0.05, 0.1) is 6.54 Å². The number of nitrogens with zero attached hydrogens (tertiary/aromatic N) is 2. The highest BCUT2D eigenvalue weighted by Crippen LogP contribution is 2.23. The summed E-state index contributed by atoms with van der Waals surface area (Å²) in [5.74, 6) is 0.990. The van der Waals surface area contributed by atoms with E-state index >= 15 is 0 Å². The van der Waals surface area contributed by atoms with Crippen molar-refractivity contribution in [3.63, 3.8) is 0 Å². The van der Waals surface area contributed by atoms with Crippen LogP contribution in [0.2, 0.25) is 0 Å². The van der Waals surface area contributed by atoms with E-state index in [0.717, 1.165) is 32.0 Å². The molecule has 28 heavy (non-hydrogen) atoms. The average molecular weight is 398 g/mol. The van der Waals surface area contributed by atoms with Crippen molar-refractivity contribution in [2.24, 2.45) is 5.92 Å². The first-order chi connectivity index (χ1) is 13.7. The molecule has 4 nitrogen and oxygen atoms in total. The van der Waals surface area contributed by atoms with Crippen molar-refractivity contribution in [3.8, 4) is 0 Å². The van der Waals surface area contributed by atoms with Crippen molar-refractivity contribution in [2.75, 3.05) is 26.2 Å². The Bertz CT molecular complexity index is 777. The number of carbonyl (C=O) groups is 1. The lowest BCUT2D eigenvalue weighted by Gasteiger charge is -2.30. The van der Waals surface area contributed by atoms with Crippen LogP contribution in [0.25, 0.3) is 0 Å². The van der Waals surface area contributed by atoms with E-state index < -0.39 is 0 Å². The van der Waals surface area contributed by atoms with Gasteiger partial charge in [0.1, 0.15) is 0 Å². The molecule has 2 aliphatic rings. The Hall–Kier alpha value is -1.69. The van der Waals surface area contributed by atoms with Gasteiger partial charge in [-0.3, -0.25) is 14.6 Å². The minimum Gasteiger partial charge on any atom is -0.351 e. The van der Waals surface area contributed by atoms with Gasteiger partial charge in [-0.25, -0.2) is 0 Å². The Balaban J connectivity index is 1.20. The minimum absolute atomic E-state index is 0.116. The first-order valence-electron chi connectivity index (χ1n) is 10.5. The van der Waals surface area contributed by atoms with Crippen molar-refractivity contribution in [2.45, 2.75) is 45.8 Å². The van der Waals surface area contributed by atoms with Crippen LogP contribution in [0.3, 0.4) is 0 Å². The van der Waals surface area contributed by atoms with Crippen molar-refractivity contribution in [1.29, 1.82) is 0 Å². The van der Waals surface area contributed by atoms with E-state index in [2.05, 4.69) is 57.8 Å². The Morgan fingerprint density at radius 3 is 2.61 bits per heavy atom. The lowest BCUT2D eigenvalue weighted by molar-refractivity contribution is -0.122. The summed E-state index contributed by atoms with van der Waals surface area (Å²) in [5.41, 5.74) is 3.93. The number of benzene rings is 1. The highest BCUT2D eigenvalue weighted by molar-refractivity contribution is 7.10. The molecule has 1 saturated heterocycles. The number of amides is 1. The van der Waals surface area contributed by atoms with E-state index in [1.807, 2.05) is 11.3 Å². The molecule has 5 heteroatoms. The number of carbonyl (C=O) groups excluding carboxylic acids is 1. The van der Waals surface area contributed by atoms with Gasteiger partial charge >= 0.3 is 0 Å². The third-order valence-electron chi connectivity index (χ3n) is 6.05. The standard InChI is InChI=1S/C23H31N3OS/c1-18-6-10-25(11-7-18)15-20-4-2-19(3-5-20)14-24-23(27)17-26-12-8-22-21(16-26)9-13-28-22/h2-5,9,13,18H,6-8,10-12,14-17H2,1H3,(H,24,27). The van der Waals surface area contributed by atoms with E-state index in [-0.39, 0.29) is 5.91 Å². The Morgan fingerprint density at radius 1 is 1.07 bits per heavy atom. The lowest BCUT2D eigenvalue weighted by atomic mass is 9.99. The van der Waals surface area contributed by atoms with Crippen molar-refractivity contribution in [3.05, 3.63) is 57.3 Å². The monoisotopic (exact) mass is 397 g/mol. The number of piperidine rings is 1. The quantitative estimate of drug-likeness (QED) is 0.808. The second kappa shape index (κ2) is 9.21. The maximum absolute atomic E-state index is 12.3. The molecule has 1 aromatic carbocycles. The highest BCUT2D eigenvalue weighted by Gasteiger charge is 2.19. The zero-order valence-electron chi connectivity index (χ0n) is 16.8. The second-order valence-electron chi connectivity index (χ2n) is 8.38. The van der Waals surface area contributed by atoms with Gasteiger partial charge in [0.2, 0.25) is 5.91 Å². The van der Waals surface area contributed by atoms with Crippen LogP contribution in [0.1, 0.15) is 41.3 Å². The lowest BCUT2D eigenvalue weighted by Crippen LogP contribution is -2.39. The summed E-state index contributed by atoms with van der Waals surface area (Å²) >= 11 is 1.84. The molecule has 0 saturated carbocycles. The molecule has 3 heterocycles. The molecule has 4 rings (SSSR count). The SMILES string of the molecule is CC1CCN(Cc2ccc(CNC(=O)CN3CCc4sccc4C3)cc2)CC1. The van der Waals surface area contributed by atoms with Gasteiger partial charge in [0.15, 0.2) is 0 Å². The summed E-state index contributed by atoms with van der Waals surface area (Å²) in [6.45, 7) is 8.79. The summed E-state index contributed by atoms with van der Waals surface area (Å²) in [6.07, 6.45) is 3.70. The molecule has 150 valence electrons. The maximum atomic E-state index is 12.3. The average Bonchev–Trinajstić information content (AvgIpc) is 3.17. The first kappa shape index (κ1) is 19.6. The molecule has 2 aromatic rings. The van der Waals surface area contributed by atoms with Crippen LogP contribution in [-0.2, 0) is 30.8 Å². The molecule has 1 aromatic heterocycles. The molecule has 1 amide bonds. The van der Waals surface area contributed by atoms with Gasteiger partial charge in [-0.1, -0.05) is 31.2 Å². The molecular weight excluding hydrogens is 366 g/mol. The Morgan fingerprint density at radius 2 is 1.82 bits per heavy atom. The van der Waals surface area contributed by atoms with Gasteiger partial charge in [-0.05, 0) is 66.4 Å². The van der Waals surface area contributed by atoms with Crippen LogP contribution < -0.4 is 5.32 Å². The molecule has 0 unspecified atom stereocenters. The molecule has 0 bridgehead atoms. The first-order valence-corrected chi connectivity index (χ1v) is 11.4. The van der Waals surface area contributed by atoms with E-state index in [0.29, 0.717) is 13.1 Å². The van der Waals surface area contributed by atoms with Gasteiger partial charge < -0.3 is 5.32 Å². The van der Waals surface area contributed by atoms with Crippen LogP contribution in [0.15, 0.2) is 35.7 Å². The third-order valence-corrected chi connectivity index (χ3v) is 7.07. The highest BCUT2D eigenvalue weighted by atomic mass is 32.1. The Kier molecular flexibility index (Phi) is 6.45. The van der Waals surface area contributed by atoms with E-state index in [9.17, 15) is 4.79 Å². The normalized spacial score (nSPS) is 18.8. The summed E-state index contributed by atoms with van der Waals surface area (Å²) in [7, 11) is 0. The maximum Gasteiger partial charge on any atom is 0.234 e. The number of rotatable bonds is 6. The molecular formula is C23H31N3OS. The Labute approximate surface area is 172 Å². The van der Waals surface area contributed by atoms with Crippen molar-refractivity contribution >= 4 is 17.2 Å². The number of fused-ring (bicyclic) bond motifs is 1. The number of thiophene rings is 1. The predicted octanol–water partition coefficient (Wildman–Crippen LogP) is 3.65. The van der Waals surface area contributed by atoms with Gasteiger partial charge in [0, 0.05) is 31.1 Å². The molecule has 2 aliphatic heterocycles. The number of nitrogens with one attached hydrogen (secondary N) is 1. The number of likely N-dealkylation sites (tertiary alicyclic amines) is 1. The molecule has 1 fully saturated rings. The molecule has 0 radical (unpaired) electrons. The largest absolute Gasteiger partial charge is 0.351 e. The second-order valence-corrected chi connectivity index (χ2v) is 9.38. The summed E-state index contributed by atoms with van der Waals surface area (Å²) in [4.78, 5) is 18.6. The zero-order valence-corrected chi connectivity index (χ0v) is 17.6. The van der Waals surface area contributed by atoms with Crippen molar-refractivity contribution < 1.29 is 4.79 Å². The van der Waals surface area contributed by atoms with Crippen molar-refractivity contribution in [1.82, 2.24) is 15.1 Å². The number of hydrogen-bond acceptors (Lipinski definition) is 4. The minimum atomic E-state index is 0.116. The van der Waals surface area contributed by atoms with Crippen LogP contribution in [0.4, 0.5) is 0 Å².